The lowest BCUT2D eigenvalue weighted by Gasteiger charge is -2.12. The highest BCUT2D eigenvalue weighted by molar-refractivity contribution is 7.98. The Hall–Kier alpha value is -2.20. The van der Waals surface area contributed by atoms with Crippen LogP contribution in [0, 0.1) is 0 Å². The Labute approximate surface area is 173 Å². The fraction of sp³-hybridized carbons (Fsp3) is 0.222. The standard InChI is InChI=1S/C18H15ClN4O3S2/c1-25-7-6-23-17(24)12-5-4-11(19)9-13(12)20-18(23)28-10-15-21-16(22-26-15)14-3-2-8-27-14/h2-5,8-9H,6-7,10H2,1H3. The van der Waals surface area contributed by atoms with Crippen molar-refractivity contribution < 1.29 is 9.26 Å². The molecule has 0 aliphatic rings. The molecule has 10 heteroatoms. The van der Waals surface area contributed by atoms with Crippen LogP contribution in [-0.2, 0) is 17.0 Å². The van der Waals surface area contributed by atoms with Gasteiger partial charge in [0.15, 0.2) is 5.16 Å². The van der Waals surface area contributed by atoms with Gasteiger partial charge in [0.25, 0.3) is 5.56 Å². The fourth-order valence-corrected chi connectivity index (χ4v) is 4.29. The maximum absolute atomic E-state index is 12.9. The van der Waals surface area contributed by atoms with Gasteiger partial charge in [-0.3, -0.25) is 9.36 Å². The molecule has 0 radical (unpaired) electrons. The molecule has 7 nitrogen and oxygen atoms in total. The lowest BCUT2D eigenvalue weighted by atomic mass is 10.2. The molecule has 0 aliphatic heterocycles. The van der Waals surface area contributed by atoms with E-state index in [2.05, 4.69) is 15.1 Å². The van der Waals surface area contributed by atoms with Crippen LogP contribution in [0.25, 0.3) is 21.6 Å². The van der Waals surface area contributed by atoms with E-state index in [4.69, 9.17) is 20.9 Å². The zero-order valence-corrected chi connectivity index (χ0v) is 17.2. The molecule has 0 atom stereocenters. The van der Waals surface area contributed by atoms with E-state index in [0.717, 1.165) is 4.88 Å². The summed E-state index contributed by atoms with van der Waals surface area (Å²) in [5.41, 5.74) is 0.421. The molecule has 1 aromatic carbocycles. The molecule has 0 amide bonds. The number of aromatic nitrogens is 4. The SMILES string of the molecule is COCCn1c(SCc2nc(-c3cccs3)no2)nc2cc(Cl)ccc2c1=O. The predicted molar refractivity (Wildman–Crippen MR) is 110 cm³/mol. The Kier molecular flexibility index (Phi) is 5.77. The number of fused-ring (bicyclic) bond motifs is 1. The van der Waals surface area contributed by atoms with Gasteiger partial charge >= 0.3 is 0 Å². The summed E-state index contributed by atoms with van der Waals surface area (Å²) in [4.78, 5) is 22.9. The highest BCUT2D eigenvalue weighted by Crippen LogP contribution is 2.25. The van der Waals surface area contributed by atoms with Crippen molar-refractivity contribution in [2.24, 2.45) is 0 Å². The highest BCUT2D eigenvalue weighted by Gasteiger charge is 2.15. The van der Waals surface area contributed by atoms with E-state index < -0.39 is 0 Å². The summed E-state index contributed by atoms with van der Waals surface area (Å²) < 4.78 is 12.1. The molecule has 3 heterocycles. The summed E-state index contributed by atoms with van der Waals surface area (Å²) >= 11 is 8.96. The van der Waals surface area contributed by atoms with E-state index in [-0.39, 0.29) is 5.56 Å². The Morgan fingerprint density at radius 2 is 2.21 bits per heavy atom. The number of ether oxygens (including phenoxy) is 1. The third-order valence-corrected chi connectivity index (χ3v) is 6.00. The molecule has 0 bridgehead atoms. The molecule has 0 saturated heterocycles. The van der Waals surface area contributed by atoms with Gasteiger partial charge in [0.1, 0.15) is 0 Å². The minimum absolute atomic E-state index is 0.133. The average molecular weight is 435 g/mol. The topological polar surface area (TPSA) is 83.0 Å². The van der Waals surface area contributed by atoms with Crippen molar-refractivity contribution >= 4 is 45.6 Å². The van der Waals surface area contributed by atoms with Gasteiger partial charge in [-0.25, -0.2) is 4.98 Å². The van der Waals surface area contributed by atoms with Gasteiger partial charge in [-0.2, -0.15) is 4.98 Å². The van der Waals surface area contributed by atoms with E-state index in [9.17, 15) is 4.79 Å². The van der Waals surface area contributed by atoms with Crippen molar-refractivity contribution in [1.82, 2.24) is 19.7 Å². The van der Waals surface area contributed by atoms with Gasteiger partial charge in [0.2, 0.25) is 11.7 Å². The minimum atomic E-state index is -0.133. The highest BCUT2D eigenvalue weighted by atomic mass is 35.5. The summed E-state index contributed by atoms with van der Waals surface area (Å²) in [5.74, 6) is 1.41. The van der Waals surface area contributed by atoms with Crippen LogP contribution in [0.2, 0.25) is 5.02 Å². The normalized spacial score (nSPS) is 11.4. The van der Waals surface area contributed by atoms with Crippen molar-refractivity contribution in [2.75, 3.05) is 13.7 Å². The molecule has 0 fully saturated rings. The van der Waals surface area contributed by atoms with Crippen molar-refractivity contribution in [2.45, 2.75) is 17.5 Å². The number of thioether (sulfide) groups is 1. The lowest BCUT2D eigenvalue weighted by Crippen LogP contribution is -2.25. The summed E-state index contributed by atoms with van der Waals surface area (Å²) in [5, 5.41) is 7.56. The number of thiophene rings is 1. The van der Waals surface area contributed by atoms with Gasteiger partial charge in [0.05, 0.1) is 34.7 Å². The first kappa shape index (κ1) is 19.1. The van der Waals surface area contributed by atoms with Crippen LogP contribution in [-0.4, -0.2) is 33.4 Å². The molecule has 4 aromatic rings. The Morgan fingerprint density at radius 1 is 1.32 bits per heavy atom. The predicted octanol–water partition coefficient (Wildman–Crippen LogP) is 4.10. The molecule has 3 aromatic heterocycles. The van der Waals surface area contributed by atoms with Gasteiger partial charge in [0, 0.05) is 12.1 Å². The molecule has 0 aliphatic carbocycles. The first-order valence-corrected chi connectivity index (χ1v) is 10.6. The minimum Gasteiger partial charge on any atom is -0.383 e. The first-order chi connectivity index (χ1) is 13.7. The summed E-state index contributed by atoms with van der Waals surface area (Å²) in [6.45, 7) is 0.796. The molecular weight excluding hydrogens is 420 g/mol. The molecule has 0 unspecified atom stereocenters. The van der Waals surface area contributed by atoms with E-state index >= 15 is 0 Å². The van der Waals surface area contributed by atoms with Crippen molar-refractivity contribution in [1.29, 1.82) is 0 Å². The van der Waals surface area contributed by atoms with Crippen LogP contribution in [0.15, 0.2) is 50.2 Å². The zero-order chi connectivity index (χ0) is 19.5. The summed E-state index contributed by atoms with van der Waals surface area (Å²) in [6.07, 6.45) is 0. The van der Waals surface area contributed by atoms with Crippen molar-refractivity contribution in [3.05, 3.63) is 57.0 Å². The number of hydrogen-bond acceptors (Lipinski definition) is 8. The van der Waals surface area contributed by atoms with E-state index in [0.29, 0.717) is 51.7 Å². The molecule has 0 saturated carbocycles. The maximum Gasteiger partial charge on any atom is 0.262 e. The second kappa shape index (κ2) is 8.44. The quantitative estimate of drug-likeness (QED) is 0.320. The van der Waals surface area contributed by atoms with Crippen LogP contribution in [0.3, 0.4) is 0 Å². The van der Waals surface area contributed by atoms with E-state index in [1.165, 1.54) is 11.8 Å². The summed E-state index contributed by atoms with van der Waals surface area (Å²) in [6, 6.07) is 8.93. The van der Waals surface area contributed by atoms with Gasteiger partial charge in [-0.05, 0) is 29.6 Å². The molecule has 144 valence electrons. The summed E-state index contributed by atoms with van der Waals surface area (Å²) in [7, 11) is 1.59. The third-order valence-electron chi connectivity index (χ3n) is 3.94. The first-order valence-electron chi connectivity index (χ1n) is 8.34. The largest absolute Gasteiger partial charge is 0.383 e. The van der Waals surface area contributed by atoms with Crippen LogP contribution >= 0.6 is 34.7 Å². The van der Waals surface area contributed by atoms with Gasteiger partial charge < -0.3 is 9.26 Å². The molecule has 4 rings (SSSR count). The van der Waals surface area contributed by atoms with Crippen LogP contribution in [0.1, 0.15) is 5.89 Å². The van der Waals surface area contributed by atoms with Crippen LogP contribution < -0.4 is 5.56 Å². The molecule has 28 heavy (non-hydrogen) atoms. The van der Waals surface area contributed by atoms with Crippen molar-refractivity contribution in [3.8, 4) is 10.7 Å². The average Bonchev–Trinajstić information content (AvgIpc) is 3.37. The monoisotopic (exact) mass is 434 g/mol. The number of rotatable bonds is 7. The van der Waals surface area contributed by atoms with E-state index in [1.54, 1.807) is 41.2 Å². The Balaban J connectivity index is 1.64. The number of halogens is 1. The molecular formula is C18H15ClN4O3S2. The zero-order valence-electron chi connectivity index (χ0n) is 14.8. The second-order valence-corrected chi connectivity index (χ2v) is 8.11. The lowest BCUT2D eigenvalue weighted by molar-refractivity contribution is 0.183. The number of methoxy groups -OCH3 is 1. The Morgan fingerprint density at radius 3 is 3.00 bits per heavy atom. The number of hydrogen-bond donors (Lipinski definition) is 0. The third kappa shape index (κ3) is 3.97. The smallest absolute Gasteiger partial charge is 0.262 e. The van der Waals surface area contributed by atoms with Gasteiger partial charge in [-0.1, -0.05) is 34.6 Å². The molecule has 0 spiro atoms. The Bertz CT molecular complexity index is 1160. The van der Waals surface area contributed by atoms with Crippen LogP contribution in [0.4, 0.5) is 0 Å². The van der Waals surface area contributed by atoms with Crippen molar-refractivity contribution in [3.63, 3.8) is 0 Å². The molecule has 0 N–H and O–H groups in total. The maximum atomic E-state index is 12.9. The fourth-order valence-electron chi connectivity index (χ4n) is 2.61. The second-order valence-electron chi connectivity index (χ2n) is 5.78. The van der Waals surface area contributed by atoms with Crippen LogP contribution in [0.5, 0.6) is 0 Å². The number of nitrogens with zero attached hydrogens (tertiary/aromatic N) is 4. The van der Waals surface area contributed by atoms with Gasteiger partial charge in [-0.15, -0.1) is 11.3 Å². The van der Waals surface area contributed by atoms with E-state index in [1.807, 2.05) is 17.5 Å². The number of benzene rings is 1.